The van der Waals surface area contributed by atoms with Gasteiger partial charge in [-0.25, -0.2) is 9.97 Å². The Morgan fingerprint density at radius 1 is 0.958 bits per heavy atom. The van der Waals surface area contributed by atoms with Crippen molar-refractivity contribution in [3.63, 3.8) is 0 Å². The molecule has 2 aromatic carbocycles. The minimum atomic E-state index is 0.659. The lowest BCUT2D eigenvalue weighted by Gasteiger charge is -2.09. The Bertz CT molecular complexity index is 1010. The van der Waals surface area contributed by atoms with Crippen LogP contribution < -0.4 is 5.32 Å². The average molecular weight is 336 g/mol. The molecular weight excluding hydrogens is 322 g/mol. The molecule has 0 saturated heterocycles. The summed E-state index contributed by atoms with van der Waals surface area (Å²) in [6.07, 6.45) is 3.42. The first kappa shape index (κ1) is 14.7. The summed E-state index contributed by atoms with van der Waals surface area (Å²) in [5.74, 6) is 2.25. The van der Waals surface area contributed by atoms with Crippen LogP contribution >= 0.6 is 11.6 Å². The van der Waals surface area contributed by atoms with Gasteiger partial charge in [0.2, 0.25) is 0 Å². The van der Waals surface area contributed by atoms with Crippen molar-refractivity contribution in [3.8, 4) is 5.82 Å². The summed E-state index contributed by atoms with van der Waals surface area (Å²) < 4.78 is 2.00. The van der Waals surface area contributed by atoms with E-state index in [2.05, 4.69) is 20.3 Å². The fourth-order valence-corrected chi connectivity index (χ4v) is 2.77. The third-order valence-corrected chi connectivity index (χ3v) is 3.95. The predicted octanol–water partition coefficient (Wildman–Crippen LogP) is 4.52. The number of benzene rings is 2. The normalized spacial score (nSPS) is 10.9. The second-order valence-corrected chi connectivity index (χ2v) is 5.81. The van der Waals surface area contributed by atoms with E-state index in [1.54, 1.807) is 12.4 Å². The molecule has 4 aromatic rings. The van der Waals surface area contributed by atoms with Gasteiger partial charge in [0.05, 0.1) is 23.4 Å². The fraction of sp³-hybridized carbons (Fsp3) is 0.0556. The van der Waals surface area contributed by atoms with Gasteiger partial charge in [0.15, 0.2) is 11.6 Å². The van der Waals surface area contributed by atoms with E-state index in [9.17, 15) is 0 Å². The number of anilines is 2. The van der Waals surface area contributed by atoms with Gasteiger partial charge in [0, 0.05) is 10.7 Å². The number of nitrogens with zero attached hydrogens (tertiary/aromatic N) is 4. The highest BCUT2D eigenvalue weighted by atomic mass is 35.5. The Labute approximate surface area is 144 Å². The highest BCUT2D eigenvalue weighted by molar-refractivity contribution is 6.30. The van der Waals surface area contributed by atoms with Crippen molar-refractivity contribution in [2.75, 3.05) is 5.32 Å². The molecule has 1 N–H and O–H groups in total. The monoisotopic (exact) mass is 335 g/mol. The van der Waals surface area contributed by atoms with Crippen molar-refractivity contribution in [2.24, 2.45) is 0 Å². The molecule has 0 atom stereocenters. The van der Waals surface area contributed by atoms with Crippen LogP contribution in [0.3, 0.4) is 0 Å². The standard InChI is InChI=1S/C18H14ClN5/c1-12-21-15-4-2-3-5-16(15)24(12)18-11-20-10-17(23-18)22-14-8-6-13(19)7-9-14/h2-11H,1H3,(H,22,23). The van der Waals surface area contributed by atoms with Crippen molar-refractivity contribution >= 4 is 34.1 Å². The number of nitrogens with one attached hydrogen (secondary N) is 1. The smallest absolute Gasteiger partial charge is 0.159 e. The van der Waals surface area contributed by atoms with E-state index in [-0.39, 0.29) is 0 Å². The number of hydrogen-bond donors (Lipinski definition) is 1. The Hall–Kier alpha value is -2.92. The van der Waals surface area contributed by atoms with Gasteiger partial charge in [-0.1, -0.05) is 23.7 Å². The van der Waals surface area contributed by atoms with Crippen LogP contribution in [-0.4, -0.2) is 19.5 Å². The van der Waals surface area contributed by atoms with Gasteiger partial charge in [-0.15, -0.1) is 0 Å². The van der Waals surface area contributed by atoms with Gasteiger partial charge in [0.1, 0.15) is 5.82 Å². The molecule has 0 bridgehead atoms. The molecule has 0 spiro atoms. The van der Waals surface area contributed by atoms with Gasteiger partial charge >= 0.3 is 0 Å². The topological polar surface area (TPSA) is 55.6 Å². The van der Waals surface area contributed by atoms with E-state index in [1.807, 2.05) is 60.0 Å². The summed E-state index contributed by atoms with van der Waals surface area (Å²) in [4.78, 5) is 13.5. The highest BCUT2D eigenvalue weighted by Crippen LogP contribution is 2.22. The summed E-state index contributed by atoms with van der Waals surface area (Å²) in [5, 5.41) is 3.93. The first-order chi connectivity index (χ1) is 11.7. The third-order valence-electron chi connectivity index (χ3n) is 3.70. The Morgan fingerprint density at radius 2 is 1.75 bits per heavy atom. The SMILES string of the molecule is Cc1nc2ccccc2n1-c1cncc(Nc2ccc(Cl)cc2)n1. The van der Waals surface area contributed by atoms with E-state index >= 15 is 0 Å². The zero-order valence-corrected chi connectivity index (χ0v) is 13.7. The molecule has 4 rings (SSSR count). The number of halogens is 1. The van der Waals surface area contributed by atoms with Gasteiger partial charge < -0.3 is 5.32 Å². The lowest BCUT2D eigenvalue weighted by Crippen LogP contribution is -2.03. The molecule has 0 fully saturated rings. The molecule has 2 aromatic heterocycles. The maximum absolute atomic E-state index is 5.91. The minimum absolute atomic E-state index is 0.659. The molecular formula is C18H14ClN5. The van der Waals surface area contributed by atoms with Gasteiger partial charge in [-0.3, -0.25) is 9.55 Å². The molecule has 0 unspecified atom stereocenters. The van der Waals surface area contributed by atoms with E-state index in [0.29, 0.717) is 10.8 Å². The van der Waals surface area contributed by atoms with Crippen LogP contribution in [-0.2, 0) is 0 Å². The Kier molecular flexibility index (Phi) is 3.63. The first-order valence-electron chi connectivity index (χ1n) is 7.50. The molecule has 5 nitrogen and oxygen atoms in total. The second-order valence-electron chi connectivity index (χ2n) is 5.38. The summed E-state index contributed by atoms with van der Waals surface area (Å²) in [7, 11) is 0. The van der Waals surface area contributed by atoms with Crippen LogP contribution in [0.5, 0.6) is 0 Å². The van der Waals surface area contributed by atoms with Crippen molar-refractivity contribution in [3.05, 3.63) is 71.8 Å². The predicted molar refractivity (Wildman–Crippen MR) is 96.1 cm³/mol. The molecule has 0 amide bonds. The molecule has 24 heavy (non-hydrogen) atoms. The Morgan fingerprint density at radius 3 is 2.58 bits per heavy atom. The number of imidazole rings is 1. The van der Waals surface area contributed by atoms with E-state index in [0.717, 1.165) is 28.4 Å². The fourth-order valence-electron chi connectivity index (χ4n) is 2.64. The molecule has 0 aliphatic heterocycles. The molecule has 118 valence electrons. The van der Waals surface area contributed by atoms with Crippen LogP contribution in [0.4, 0.5) is 11.5 Å². The van der Waals surface area contributed by atoms with Crippen molar-refractivity contribution in [1.82, 2.24) is 19.5 Å². The lowest BCUT2D eigenvalue weighted by atomic mass is 10.3. The van der Waals surface area contributed by atoms with Crippen LogP contribution in [0, 0.1) is 6.92 Å². The van der Waals surface area contributed by atoms with E-state index < -0.39 is 0 Å². The number of para-hydroxylation sites is 2. The third kappa shape index (κ3) is 2.70. The molecule has 0 aliphatic carbocycles. The summed E-state index contributed by atoms with van der Waals surface area (Å²) >= 11 is 5.91. The van der Waals surface area contributed by atoms with Crippen molar-refractivity contribution in [1.29, 1.82) is 0 Å². The lowest BCUT2D eigenvalue weighted by molar-refractivity contribution is 0.943. The number of rotatable bonds is 3. The zero-order valence-electron chi connectivity index (χ0n) is 12.9. The van der Waals surface area contributed by atoms with Crippen LogP contribution in [0.15, 0.2) is 60.9 Å². The molecule has 6 heteroatoms. The summed E-state index contributed by atoms with van der Waals surface area (Å²) in [5.41, 5.74) is 2.85. The number of aromatic nitrogens is 4. The quantitative estimate of drug-likeness (QED) is 0.598. The average Bonchev–Trinajstić information content (AvgIpc) is 2.93. The molecule has 0 radical (unpaired) electrons. The molecule has 2 heterocycles. The van der Waals surface area contributed by atoms with Gasteiger partial charge in [0.25, 0.3) is 0 Å². The van der Waals surface area contributed by atoms with Crippen LogP contribution in [0.2, 0.25) is 5.02 Å². The van der Waals surface area contributed by atoms with Crippen LogP contribution in [0.25, 0.3) is 16.9 Å². The van der Waals surface area contributed by atoms with E-state index in [1.165, 1.54) is 0 Å². The maximum Gasteiger partial charge on any atom is 0.159 e. The summed E-state index contributed by atoms with van der Waals surface area (Å²) in [6.45, 7) is 1.96. The van der Waals surface area contributed by atoms with Gasteiger partial charge in [-0.05, 0) is 43.3 Å². The van der Waals surface area contributed by atoms with Gasteiger partial charge in [-0.2, -0.15) is 0 Å². The number of fused-ring (bicyclic) bond motifs is 1. The Balaban J connectivity index is 1.74. The van der Waals surface area contributed by atoms with E-state index in [4.69, 9.17) is 11.6 Å². The summed E-state index contributed by atoms with van der Waals surface area (Å²) in [6, 6.07) is 15.4. The number of aryl methyl sites for hydroxylation is 1. The van der Waals surface area contributed by atoms with Crippen molar-refractivity contribution in [2.45, 2.75) is 6.92 Å². The molecule has 0 aliphatic rings. The van der Waals surface area contributed by atoms with Crippen LogP contribution in [0.1, 0.15) is 5.82 Å². The molecule has 0 saturated carbocycles. The minimum Gasteiger partial charge on any atom is -0.339 e. The number of hydrogen-bond acceptors (Lipinski definition) is 4. The first-order valence-corrected chi connectivity index (χ1v) is 7.87. The second kappa shape index (κ2) is 5.94. The van der Waals surface area contributed by atoms with Crippen molar-refractivity contribution < 1.29 is 0 Å². The highest BCUT2D eigenvalue weighted by Gasteiger charge is 2.10. The zero-order chi connectivity index (χ0) is 16.5. The maximum atomic E-state index is 5.91. The largest absolute Gasteiger partial charge is 0.339 e.